The fourth-order valence-electron chi connectivity index (χ4n) is 3.19. The molecule has 2 aromatic carbocycles. The van der Waals surface area contributed by atoms with Gasteiger partial charge in [-0.3, -0.25) is 9.10 Å². The molecule has 0 heterocycles. The molecule has 2 aromatic rings. The van der Waals surface area contributed by atoms with E-state index in [0.29, 0.717) is 17.2 Å². The molecule has 0 aromatic heterocycles. The van der Waals surface area contributed by atoms with Crippen molar-refractivity contribution < 1.29 is 22.7 Å². The van der Waals surface area contributed by atoms with E-state index in [9.17, 15) is 13.2 Å². The van der Waals surface area contributed by atoms with Crippen LogP contribution in [0.2, 0.25) is 0 Å². The van der Waals surface area contributed by atoms with Gasteiger partial charge in [-0.05, 0) is 44.5 Å². The number of para-hydroxylation sites is 1. The summed E-state index contributed by atoms with van der Waals surface area (Å²) in [7, 11) is -0.735. The molecule has 0 spiro atoms. The van der Waals surface area contributed by atoms with Crippen molar-refractivity contribution in [3.05, 3.63) is 53.6 Å². The number of benzene rings is 2. The summed E-state index contributed by atoms with van der Waals surface area (Å²) in [4.78, 5) is 13.0. The van der Waals surface area contributed by atoms with Crippen molar-refractivity contribution in [3.8, 4) is 11.5 Å². The van der Waals surface area contributed by atoms with Crippen molar-refractivity contribution in [2.24, 2.45) is 0 Å². The quantitative estimate of drug-likeness (QED) is 0.710. The van der Waals surface area contributed by atoms with Crippen LogP contribution in [0.5, 0.6) is 11.5 Å². The third kappa shape index (κ3) is 5.20. The summed E-state index contributed by atoms with van der Waals surface area (Å²) < 4.78 is 36.9. The summed E-state index contributed by atoms with van der Waals surface area (Å²) in [5.41, 5.74) is 1.97. The van der Waals surface area contributed by atoms with Crippen molar-refractivity contribution in [2.45, 2.75) is 32.9 Å². The van der Waals surface area contributed by atoms with E-state index in [1.807, 2.05) is 44.2 Å². The van der Waals surface area contributed by atoms with Crippen LogP contribution in [-0.2, 0) is 14.8 Å². The lowest BCUT2D eigenvalue weighted by Crippen LogP contribution is -2.48. The Labute approximate surface area is 172 Å². The number of methoxy groups -OCH3 is 2. The molecule has 2 rings (SSSR count). The number of anilines is 1. The number of carbonyl (C=O) groups excluding carboxylic acids is 1. The van der Waals surface area contributed by atoms with Gasteiger partial charge >= 0.3 is 0 Å². The molecule has 7 nitrogen and oxygen atoms in total. The number of aryl methyl sites for hydroxylation is 1. The van der Waals surface area contributed by atoms with Crippen LogP contribution in [-0.4, -0.2) is 40.8 Å². The van der Waals surface area contributed by atoms with E-state index in [0.717, 1.165) is 21.7 Å². The summed E-state index contributed by atoms with van der Waals surface area (Å²) >= 11 is 0. The maximum atomic E-state index is 13.0. The normalized spacial score (nSPS) is 13.3. The third-order valence-corrected chi connectivity index (χ3v) is 5.85. The highest BCUT2D eigenvalue weighted by Gasteiger charge is 2.32. The van der Waals surface area contributed by atoms with Crippen LogP contribution >= 0.6 is 0 Å². The number of nitrogens with zero attached hydrogens (tertiary/aromatic N) is 1. The van der Waals surface area contributed by atoms with E-state index in [1.165, 1.54) is 7.11 Å². The number of nitrogens with one attached hydrogen (secondary N) is 1. The first-order valence-corrected chi connectivity index (χ1v) is 11.0. The zero-order valence-corrected chi connectivity index (χ0v) is 18.4. The van der Waals surface area contributed by atoms with Gasteiger partial charge in [0.05, 0.1) is 32.2 Å². The third-order valence-electron chi connectivity index (χ3n) is 4.62. The highest BCUT2D eigenvalue weighted by atomic mass is 32.2. The monoisotopic (exact) mass is 420 g/mol. The van der Waals surface area contributed by atoms with Gasteiger partial charge < -0.3 is 14.8 Å². The minimum absolute atomic E-state index is 0.322. The fourth-order valence-corrected chi connectivity index (χ4v) is 4.36. The minimum atomic E-state index is -3.76. The second-order valence-corrected chi connectivity index (χ2v) is 8.74. The van der Waals surface area contributed by atoms with Crippen molar-refractivity contribution in [1.82, 2.24) is 5.32 Å². The SMILES string of the molecule is COc1ccccc1[C@@H](C)NC(=O)[C@@H](C)N(c1cc(C)ccc1OC)S(C)(=O)=O. The molecule has 0 unspecified atom stereocenters. The van der Waals surface area contributed by atoms with Crippen LogP contribution in [0.25, 0.3) is 0 Å². The molecule has 0 radical (unpaired) electrons. The van der Waals surface area contributed by atoms with Crippen molar-refractivity contribution >= 4 is 21.6 Å². The Bertz CT molecular complexity index is 975. The predicted octanol–water partition coefficient (Wildman–Crippen LogP) is 3.04. The lowest BCUT2D eigenvalue weighted by Gasteiger charge is -2.30. The Kier molecular flexibility index (Phi) is 7.13. The van der Waals surface area contributed by atoms with Gasteiger partial charge in [-0.1, -0.05) is 24.3 Å². The molecule has 1 amide bonds. The maximum Gasteiger partial charge on any atom is 0.244 e. The molecule has 0 aliphatic carbocycles. The van der Waals surface area contributed by atoms with Gasteiger partial charge in [-0.25, -0.2) is 8.42 Å². The smallest absolute Gasteiger partial charge is 0.244 e. The van der Waals surface area contributed by atoms with Crippen LogP contribution < -0.4 is 19.1 Å². The molecule has 0 saturated carbocycles. The molecule has 0 aliphatic heterocycles. The van der Waals surface area contributed by atoms with Crippen LogP contribution in [0.15, 0.2) is 42.5 Å². The number of carbonyl (C=O) groups is 1. The first-order chi connectivity index (χ1) is 13.6. The second-order valence-electron chi connectivity index (χ2n) is 6.88. The Morgan fingerprint density at radius 3 is 2.24 bits per heavy atom. The zero-order chi connectivity index (χ0) is 21.8. The van der Waals surface area contributed by atoms with Crippen LogP contribution in [0.4, 0.5) is 5.69 Å². The highest BCUT2D eigenvalue weighted by molar-refractivity contribution is 7.92. The largest absolute Gasteiger partial charge is 0.496 e. The Morgan fingerprint density at radius 2 is 1.66 bits per heavy atom. The molecule has 0 aliphatic rings. The van der Waals surface area contributed by atoms with Gasteiger partial charge in [0.2, 0.25) is 15.9 Å². The average molecular weight is 421 g/mol. The highest BCUT2D eigenvalue weighted by Crippen LogP contribution is 2.33. The van der Waals surface area contributed by atoms with Gasteiger partial charge in [0.15, 0.2) is 0 Å². The van der Waals surface area contributed by atoms with Gasteiger partial charge in [-0.2, -0.15) is 0 Å². The molecule has 1 N–H and O–H groups in total. The van der Waals surface area contributed by atoms with E-state index in [4.69, 9.17) is 9.47 Å². The number of hydrogen-bond donors (Lipinski definition) is 1. The maximum absolute atomic E-state index is 13.0. The Morgan fingerprint density at radius 1 is 1.03 bits per heavy atom. The number of rotatable bonds is 8. The topological polar surface area (TPSA) is 84.9 Å². The Hall–Kier alpha value is -2.74. The lowest BCUT2D eigenvalue weighted by atomic mass is 10.1. The van der Waals surface area contributed by atoms with E-state index in [2.05, 4.69) is 5.32 Å². The molecule has 0 saturated heterocycles. The predicted molar refractivity (Wildman–Crippen MR) is 114 cm³/mol. The first-order valence-electron chi connectivity index (χ1n) is 9.17. The van der Waals surface area contributed by atoms with Gasteiger partial charge in [0, 0.05) is 5.56 Å². The van der Waals surface area contributed by atoms with Gasteiger partial charge in [0.25, 0.3) is 0 Å². The average Bonchev–Trinajstić information content (AvgIpc) is 2.67. The zero-order valence-electron chi connectivity index (χ0n) is 17.6. The number of ether oxygens (including phenoxy) is 2. The number of hydrogen-bond acceptors (Lipinski definition) is 5. The van der Waals surface area contributed by atoms with E-state index >= 15 is 0 Å². The van der Waals surface area contributed by atoms with E-state index in [-0.39, 0.29) is 6.04 Å². The second kappa shape index (κ2) is 9.17. The van der Waals surface area contributed by atoms with Crippen LogP contribution in [0, 0.1) is 6.92 Å². The van der Waals surface area contributed by atoms with Crippen molar-refractivity contribution in [2.75, 3.05) is 24.8 Å². The standard InChI is InChI=1S/C21H28N2O5S/c1-14-11-12-20(28-5)18(13-14)23(29(6,25)26)16(3)21(24)22-15(2)17-9-7-8-10-19(17)27-4/h7-13,15-16H,1-6H3,(H,22,24)/t15-,16-/m1/s1. The number of amides is 1. The van der Waals surface area contributed by atoms with E-state index in [1.54, 1.807) is 26.2 Å². The summed E-state index contributed by atoms with van der Waals surface area (Å²) in [6, 6.07) is 11.2. The molecule has 0 fully saturated rings. The van der Waals surface area contributed by atoms with Gasteiger partial charge in [0.1, 0.15) is 17.5 Å². The van der Waals surface area contributed by atoms with Crippen LogP contribution in [0.3, 0.4) is 0 Å². The van der Waals surface area contributed by atoms with E-state index < -0.39 is 22.0 Å². The summed E-state index contributed by atoms with van der Waals surface area (Å²) in [5, 5.41) is 2.88. The van der Waals surface area contributed by atoms with Crippen molar-refractivity contribution in [1.29, 1.82) is 0 Å². The summed E-state index contributed by atoms with van der Waals surface area (Å²) in [6.45, 7) is 5.21. The molecule has 2 atom stereocenters. The molecular formula is C21H28N2O5S. The molecular weight excluding hydrogens is 392 g/mol. The molecule has 158 valence electrons. The number of sulfonamides is 1. The minimum Gasteiger partial charge on any atom is -0.496 e. The summed E-state index contributed by atoms with van der Waals surface area (Å²) in [5.74, 6) is 0.587. The van der Waals surface area contributed by atoms with Gasteiger partial charge in [-0.15, -0.1) is 0 Å². The molecule has 29 heavy (non-hydrogen) atoms. The summed E-state index contributed by atoms with van der Waals surface area (Å²) in [6.07, 6.45) is 1.07. The molecule has 0 bridgehead atoms. The Balaban J connectivity index is 2.36. The van der Waals surface area contributed by atoms with Crippen LogP contribution in [0.1, 0.15) is 31.0 Å². The fraction of sp³-hybridized carbons (Fsp3) is 0.381. The first kappa shape index (κ1) is 22.5. The molecule has 8 heteroatoms. The lowest BCUT2D eigenvalue weighted by molar-refractivity contribution is -0.122. The van der Waals surface area contributed by atoms with Crippen molar-refractivity contribution in [3.63, 3.8) is 0 Å².